The topological polar surface area (TPSA) is 163 Å². The van der Waals surface area contributed by atoms with Gasteiger partial charge in [-0.05, 0) is 56.1 Å². The maximum atomic E-state index is 14.0. The predicted octanol–water partition coefficient (Wildman–Crippen LogP) is 3.06. The van der Waals surface area contributed by atoms with Crippen LogP contribution in [0.25, 0.3) is 0 Å². The molecular weight excluding hydrogens is 574 g/mol. The summed E-state index contributed by atoms with van der Waals surface area (Å²) in [5.74, 6) is -2.83. The fourth-order valence-corrected chi connectivity index (χ4v) is 5.51. The molecule has 0 aliphatic carbocycles. The molecule has 1 unspecified atom stereocenters. The Hall–Kier alpha value is -3.96. The van der Waals surface area contributed by atoms with E-state index in [-0.39, 0.29) is 24.7 Å². The van der Waals surface area contributed by atoms with Gasteiger partial charge in [0, 0.05) is 5.92 Å². The molecule has 11 nitrogen and oxygen atoms in total. The summed E-state index contributed by atoms with van der Waals surface area (Å²) in [6, 6.07) is 16.3. The van der Waals surface area contributed by atoms with Crippen LogP contribution in [0.4, 0.5) is 4.79 Å². The van der Waals surface area contributed by atoms with E-state index >= 15 is 0 Å². The van der Waals surface area contributed by atoms with Gasteiger partial charge in [-0.25, -0.2) is 9.80 Å². The van der Waals surface area contributed by atoms with E-state index < -0.39 is 59.7 Å². The smallest absolute Gasteiger partial charge is 0.426 e. The molecule has 1 aliphatic rings. The van der Waals surface area contributed by atoms with Crippen LogP contribution in [0.2, 0.25) is 0 Å². The molecule has 2 aromatic rings. The highest BCUT2D eigenvalue weighted by atomic mass is 16.6. The highest BCUT2D eigenvalue weighted by Gasteiger charge is 2.44. The molecule has 0 aromatic heterocycles. The van der Waals surface area contributed by atoms with Gasteiger partial charge in [-0.15, -0.1) is 0 Å². The van der Waals surface area contributed by atoms with Crippen molar-refractivity contribution < 1.29 is 29.0 Å². The molecule has 45 heavy (non-hydrogen) atoms. The van der Waals surface area contributed by atoms with Crippen molar-refractivity contribution in [2.24, 2.45) is 23.5 Å². The number of ether oxygens (including phenoxy) is 1. The molecular formula is C34H49N5O6. The van der Waals surface area contributed by atoms with E-state index in [0.29, 0.717) is 12.8 Å². The van der Waals surface area contributed by atoms with Crippen molar-refractivity contribution in [1.82, 2.24) is 21.1 Å². The van der Waals surface area contributed by atoms with Gasteiger partial charge in [0.2, 0.25) is 17.7 Å². The van der Waals surface area contributed by atoms with Crippen molar-refractivity contribution in [2.75, 3.05) is 0 Å². The second-order valence-corrected chi connectivity index (χ2v) is 12.8. The number of aliphatic hydroxyl groups is 1. The Morgan fingerprint density at radius 3 is 1.91 bits per heavy atom. The van der Waals surface area contributed by atoms with Crippen LogP contribution in [0.5, 0.6) is 0 Å². The summed E-state index contributed by atoms with van der Waals surface area (Å²) >= 11 is 0. The lowest BCUT2D eigenvalue weighted by molar-refractivity contribution is -0.134. The van der Waals surface area contributed by atoms with Gasteiger partial charge < -0.3 is 26.2 Å². The molecule has 1 saturated heterocycles. The molecule has 1 heterocycles. The number of carbonyl (C=O) groups excluding carboxylic acids is 4. The first kappa shape index (κ1) is 35.5. The minimum Gasteiger partial charge on any atom is -0.426 e. The Balaban J connectivity index is 1.88. The number of hydrogen-bond donors (Lipinski definition) is 5. The molecule has 246 valence electrons. The number of nitrogens with one attached hydrogen (secondary N) is 3. The maximum Gasteiger partial charge on any atom is 0.426 e. The van der Waals surface area contributed by atoms with Crippen LogP contribution in [0.3, 0.4) is 0 Å². The van der Waals surface area contributed by atoms with Crippen LogP contribution in [0, 0.1) is 17.8 Å². The van der Waals surface area contributed by atoms with Gasteiger partial charge in [-0.2, -0.15) is 5.43 Å². The van der Waals surface area contributed by atoms with Crippen LogP contribution >= 0.6 is 0 Å². The van der Waals surface area contributed by atoms with Gasteiger partial charge in [0.05, 0.1) is 12.1 Å². The summed E-state index contributed by atoms with van der Waals surface area (Å²) in [6.07, 6.45) is -0.548. The molecule has 1 fully saturated rings. The minimum atomic E-state index is -1.14. The maximum absolute atomic E-state index is 14.0. The summed E-state index contributed by atoms with van der Waals surface area (Å²) in [5, 5.41) is 18.7. The predicted molar refractivity (Wildman–Crippen MR) is 171 cm³/mol. The highest BCUT2D eigenvalue weighted by Crippen LogP contribution is 2.26. The van der Waals surface area contributed by atoms with E-state index in [1.807, 2.05) is 74.5 Å². The van der Waals surface area contributed by atoms with Crippen molar-refractivity contribution in [2.45, 2.75) is 97.2 Å². The Bertz CT molecular complexity index is 1290. The number of nitrogens with zero attached hydrogens (tertiary/aromatic N) is 1. The fraction of sp³-hybridized carbons (Fsp3) is 0.529. The summed E-state index contributed by atoms with van der Waals surface area (Å²) in [6.45, 7) is 10.8. The van der Waals surface area contributed by atoms with E-state index in [1.165, 1.54) is 5.01 Å². The Kier molecular flexibility index (Phi) is 12.5. The van der Waals surface area contributed by atoms with Crippen molar-refractivity contribution in [1.29, 1.82) is 0 Å². The molecule has 0 bridgehead atoms. The van der Waals surface area contributed by atoms with Gasteiger partial charge in [0.15, 0.2) is 5.72 Å². The Morgan fingerprint density at radius 1 is 0.911 bits per heavy atom. The number of carbonyl (C=O) groups is 4. The van der Waals surface area contributed by atoms with Crippen LogP contribution in [-0.2, 0) is 32.0 Å². The summed E-state index contributed by atoms with van der Waals surface area (Å²) in [5.41, 5.74) is 9.43. The van der Waals surface area contributed by atoms with E-state index in [4.69, 9.17) is 10.5 Å². The van der Waals surface area contributed by atoms with E-state index in [0.717, 1.165) is 11.1 Å². The van der Waals surface area contributed by atoms with Gasteiger partial charge in [-0.1, -0.05) is 94.8 Å². The first-order valence-corrected chi connectivity index (χ1v) is 15.7. The SMILES string of the molecule is CCC(C)[C@H](NC(=O)[C@@H](NC(=O)[C@H](Cc1ccccc1)C[C@@H](O)[C@H](Cc1ccccc1)N1NC(C)(C)OC1=O)C(C)C)C(N)=O. The van der Waals surface area contributed by atoms with Gasteiger partial charge >= 0.3 is 6.09 Å². The second-order valence-electron chi connectivity index (χ2n) is 12.8. The number of nitrogens with two attached hydrogens (primary N) is 1. The average Bonchev–Trinajstić information content (AvgIpc) is 3.28. The molecule has 2 aromatic carbocycles. The van der Waals surface area contributed by atoms with E-state index in [1.54, 1.807) is 27.7 Å². The summed E-state index contributed by atoms with van der Waals surface area (Å²) in [7, 11) is 0. The molecule has 0 radical (unpaired) electrons. The van der Waals surface area contributed by atoms with Gasteiger partial charge in [0.1, 0.15) is 12.1 Å². The van der Waals surface area contributed by atoms with Crippen molar-refractivity contribution in [3.05, 3.63) is 71.8 Å². The largest absolute Gasteiger partial charge is 0.426 e. The second kappa shape index (κ2) is 15.9. The van der Waals surface area contributed by atoms with Crippen LogP contribution in [0.1, 0.15) is 65.5 Å². The van der Waals surface area contributed by atoms with Crippen molar-refractivity contribution in [3.63, 3.8) is 0 Å². The molecule has 11 heteroatoms. The standard InChI is InChI=1S/C34H49N5O6/c1-7-22(4)29(30(35)41)37-32(43)28(21(2)3)36-31(42)25(18-23-14-10-8-11-15-23)20-27(40)26(19-24-16-12-9-13-17-24)39-33(44)45-34(5,6)38-39/h8-17,21-22,25-29,38,40H,7,18-20H2,1-6H3,(H2,35,41)(H,36,42)(H,37,43)/t22?,25-,26+,27-,28+,29+/m1/s1. The number of amides is 4. The monoisotopic (exact) mass is 623 g/mol. The molecule has 6 N–H and O–H groups in total. The zero-order valence-corrected chi connectivity index (χ0v) is 27.2. The third kappa shape index (κ3) is 10.0. The molecule has 6 atom stereocenters. The third-order valence-electron chi connectivity index (χ3n) is 8.28. The first-order chi connectivity index (χ1) is 21.2. The summed E-state index contributed by atoms with van der Waals surface area (Å²) in [4.78, 5) is 52.4. The molecule has 0 saturated carbocycles. The summed E-state index contributed by atoms with van der Waals surface area (Å²) < 4.78 is 5.46. The number of aliphatic hydroxyl groups excluding tert-OH is 1. The van der Waals surface area contributed by atoms with Crippen molar-refractivity contribution >= 4 is 23.8 Å². The Morgan fingerprint density at radius 2 is 1.44 bits per heavy atom. The van der Waals surface area contributed by atoms with Crippen LogP contribution < -0.4 is 21.8 Å². The number of cyclic esters (lactones) is 1. The minimum absolute atomic E-state index is 0.00662. The van der Waals surface area contributed by atoms with Crippen LogP contribution in [-0.4, -0.2) is 63.9 Å². The lowest BCUT2D eigenvalue weighted by Crippen LogP contribution is -2.57. The quantitative estimate of drug-likeness (QED) is 0.192. The molecule has 1 aliphatic heterocycles. The number of benzene rings is 2. The number of rotatable bonds is 16. The van der Waals surface area contributed by atoms with Crippen LogP contribution in [0.15, 0.2) is 60.7 Å². The van der Waals surface area contributed by atoms with Gasteiger partial charge in [0.25, 0.3) is 0 Å². The zero-order valence-electron chi connectivity index (χ0n) is 27.2. The average molecular weight is 624 g/mol. The number of hydrogen-bond acceptors (Lipinski definition) is 7. The number of hydrazine groups is 1. The Labute approximate surface area is 266 Å². The normalized spacial score (nSPS) is 18.3. The van der Waals surface area contributed by atoms with Crippen molar-refractivity contribution in [3.8, 4) is 0 Å². The fourth-order valence-electron chi connectivity index (χ4n) is 5.51. The molecule has 4 amide bonds. The van der Waals surface area contributed by atoms with E-state index in [9.17, 15) is 24.3 Å². The zero-order chi connectivity index (χ0) is 33.3. The lowest BCUT2D eigenvalue weighted by atomic mass is 9.88. The third-order valence-corrected chi connectivity index (χ3v) is 8.28. The molecule has 0 spiro atoms. The van der Waals surface area contributed by atoms with E-state index in [2.05, 4.69) is 16.1 Å². The van der Waals surface area contributed by atoms with Gasteiger partial charge in [-0.3, -0.25) is 14.4 Å². The highest BCUT2D eigenvalue weighted by molar-refractivity contribution is 5.92. The molecule has 3 rings (SSSR count). The number of primary amides is 1. The first-order valence-electron chi connectivity index (χ1n) is 15.7. The lowest BCUT2D eigenvalue weighted by Gasteiger charge is -2.33.